The lowest BCUT2D eigenvalue weighted by Crippen LogP contribution is -2.38. The summed E-state index contributed by atoms with van der Waals surface area (Å²) in [5.41, 5.74) is 0. The molecule has 0 aromatic rings. The van der Waals surface area contributed by atoms with E-state index >= 15 is 0 Å². The summed E-state index contributed by atoms with van der Waals surface area (Å²) in [5, 5.41) is 11.3. The van der Waals surface area contributed by atoms with Crippen molar-refractivity contribution in [1.29, 1.82) is 0 Å². The molecule has 1 amide bonds. The number of aliphatic hydroxyl groups excluding tert-OH is 1. The van der Waals surface area contributed by atoms with Gasteiger partial charge in [-0.15, -0.1) is 0 Å². The Labute approximate surface area is 103 Å². The molecule has 1 aliphatic rings. The van der Waals surface area contributed by atoms with Crippen molar-refractivity contribution in [3.05, 3.63) is 0 Å². The van der Waals surface area contributed by atoms with Crippen molar-refractivity contribution in [2.75, 3.05) is 39.9 Å². The van der Waals surface area contributed by atoms with Crippen LogP contribution in [0.2, 0.25) is 0 Å². The second kappa shape index (κ2) is 8.44. The minimum absolute atomic E-state index is 0.104. The molecule has 5 nitrogen and oxygen atoms in total. The molecule has 0 atom stereocenters. The van der Waals surface area contributed by atoms with Crippen molar-refractivity contribution < 1.29 is 14.6 Å². The fourth-order valence-corrected chi connectivity index (χ4v) is 2.11. The number of rotatable bonds is 7. The molecule has 0 bridgehead atoms. The lowest BCUT2D eigenvalue weighted by Gasteiger charge is -2.31. The van der Waals surface area contributed by atoms with Gasteiger partial charge >= 0.3 is 0 Å². The van der Waals surface area contributed by atoms with Crippen LogP contribution < -0.4 is 5.32 Å². The first kappa shape index (κ1) is 14.4. The van der Waals surface area contributed by atoms with Crippen molar-refractivity contribution in [1.82, 2.24) is 10.2 Å². The van der Waals surface area contributed by atoms with Gasteiger partial charge in [0.05, 0.1) is 19.3 Å². The van der Waals surface area contributed by atoms with E-state index in [1.54, 1.807) is 7.05 Å². The van der Waals surface area contributed by atoms with Crippen molar-refractivity contribution in [3.63, 3.8) is 0 Å². The fraction of sp³-hybridized carbons (Fsp3) is 0.917. The molecule has 100 valence electrons. The Hall–Kier alpha value is -0.650. The average molecular weight is 244 g/mol. The van der Waals surface area contributed by atoms with Gasteiger partial charge in [0, 0.05) is 26.6 Å². The zero-order valence-corrected chi connectivity index (χ0v) is 10.7. The van der Waals surface area contributed by atoms with Gasteiger partial charge in [-0.2, -0.15) is 0 Å². The van der Waals surface area contributed by atoms with Crippen molar-refractivity contribution in [2.24, 2.45) is 0 Å². The standard InChI is InChI=1S/C12H24N2O3/c1-13-12(16)3-2-6-14-7-4-11(5-8-14)17-10-9-15/h11,15H,2-10H2,1H3,(H,13,16). The summed E-state index contributed by atoms with van der Waals surface area (Å²) >= 11 is 0. The normalized spacial score (nSPS) is 18.2. The van der Waals surface area contributed by atoms with Gasteiger partial charge in [0.15, 0.2) is 0 Å². The lowest BCUT2D eigenvalue weighted by atomic mass is 10.1. The Bertz CT molecular complexity index is 216. The molecule has 1 aliphatic heterocycles. The number of carbonyl (C=O) groups is 1. The summed E-state index contributed by atoms with van der Waals surface area (Å²) in [5.74, 6) is 0.117. The maximum atomic E-state index is 11.1. The van der Waals surface area contributed by atoms with Crippen LogP contribution in [0.3, 0.4) is 0 Å². The lowest BCUT2D eigenvalue weighted by molar-refractivity contribution is -0.120. The SMILES string of the molecule is CNC(=O)CCCN1CCC(OCCO)CC1. The summed E-state index contributed by atoms with van der Waals surface area (Å²) in [4.78, 5) is 13.4. The largest absolute Gasteiger partial charge is 0.394 e. The van der Waals surface area contributed by atoms with Crippen LogP contribution in [-0.2, 0) is 9.53 Å². The average Bonchev–Trinajstić information content (AvgIpc) is 2.37. The number of aliphatic hydroxyl groups is 1. The molecular weight excluding hydrogens is 220 g/mol. The summed E-state index contributed by atoms with van der Waals surface area (Å²) in [6, 6.07) is 0. The molecule has 5 heteroatoms. The molecule has 0 saturated carbocycles. The van der Waals surface area contributed by atoms with Gasteiger partial charge in [-0.25, -0.2) is 0 Å². The Kier molecular flexibility index (Phi) is 7.16. The minimum atomic E-state index is 0.104. The zero-order valence-electron chi connectivity index (χ0n) is 10.7. The number of carbonyl (C=O) groups excluding carboxylic acids is 1. The molecule has 1 fully saturated rings. The third kappa shape index (κ3) is 6.00. The second-order valence-electron chi connectivity index (χ2n) is 4.41. The molecule has 17 heavy (non-hydrogen) atoms. The van der Waals surface area contributed by atoms with E-state index in [9.17, 15) is 4.79 Å². The highest BCUT2D eigenvalue weighted by Gasteiger charge is 2.19. The summed E-state index contributed by atoms with van der Waals surface area (Å²) in [6.07, 6.45) is 3.89. The van der Waals surface area contributed by atoms with Crippen LogP contribution in [0.15, 0.2) is 0 Å². The number of hydrogen-bond donors (Lipinski definition) is 2. The van der Waals surface area contributed by atoms with Gasteiger partial charge in [0.2, 0.25) is 5.91 Å². The van der Waals surface area contributed by atoms with E-state index in [4.69, 9.17) is 9.84 Å². The van der Waals surface area contributed by atoms with Gasteiger partial charge in [0.25, 0.3) is 0 Å². The second-order valence-corrected chi connectivity index (χ2v) is 4.41. The predicted octanol–water partition coefficient (Wildman–Crippen LogP) is -0.0141. The molecule has 1 rings (SSSR count). The number of nitrogens with one attached hydrogen (secondary N) is 1. The molecule has 1 heterocycles. The Balaban J connectivity index is 2.04. The molecular formula is C12H24N2O3. The van der Waals surface area contributed by atoms with Crippen LogP contribution in [0.1, 0.15) is 25.7 Å². The van der Waals surface area contributed by atoms with Crippen molar-refractivity contribution in [2.45, 2.75) is 31.8 Å². The molecule has 2 N–H and O–H groups in total. The fourth-order valence-electron chi connectivity index (χ4n) is 2.11. The van der Waals surface area contributed by atoms with Crippen LogP contribution in [0.25, 0.3) is 0 Å². The van der Waals surface area contributed by atoms with E-state index in [2.05, 4.69) is 10.2 Å². The van der Waals surface area contributed by atoms with Crippen LogP contribution in [0, 0.1) is 0 Å². The Morgan fingerprint density at radius 3 is 2.76 bits per heavy atom. The molecule has 1 saturated heterocycles. The third-order valence-corrected chi connectivity index (χ3v) is 3.14. The first-order valence-electron chi connectivity index (χ1n) is 6.41. The van der Waals surface area contributed by atoms with E-state index in [0.29, 0.717) is 19.1 Å². The van der Waals surface area contributed by atoms with Crippen molar-refractivity contribution >= 4 is 5.91 Å². The van der Waals surface area contributed by atoms with E-state index in [1.165, 1.54) is 0 Å². The molecule has 0 aliphatic carbocycles. The first-order valence-corrected chi connectivity index (χ1v) is 6.41. The van der Waals surface area contributed by atoms with Gasteiger partial charge in [0.1, 0.15) is 0 Å². The highest BCUT2D eigenvalue weighted by molar-refractivity contribution is 5.75. The third-order valence-electron chi connectivity index (χ3n) is 3.14. The smallest absolute Gasteiger partial charge is 0.219 e. The number of ether oxygens (including phenoxy) is 1. The molecule has 0 aromatic carbocycles. The van der Waals surface area contributed by atoms with Crippen LogP contribution >= 0.6 is 0 Å². The summed E-state index contributed by atoms with van der Waals surface area (Å²) < 4.78 is 5.50. The van der Waals surface area contributed by atoms with Crippen LogP contribution in [0.5, 0.6) is 0 Å². The molecule has 0 spiro atoms. The van der Waals surface area contributed by atoms with E-state index in [-0.39, 0.29) is 12.5 Å². The minimum Gasteiger partial charge on any atom is -0.394 e. The van der Waals surface area contributed by atoms with Gasteiger partial charge < -0.3 is 20.1 Å². The topological polar surface area (TPSA) is 61.8 Å². The van der Waals surface area contributed by atoms with Crippen molar-refractivity contribution in [3.8, 4) is 0 Å². The van der Waals surface area contributed by atoms with E-state index < -0.39 is 0 Å². The zero-order chi connectivity index (χ0) is 12.5. The van der Waals surface area contributed by atoms with Crippen LogP contribution in [0.4, 0.5) is 0 Å². The maximum Gasteiger partial charge on any atom is 0.219 e. The number of likely N-dealkylation sites (tertiary alicyclic amines) is 1. The van der Waals surface area contributed by atoms with Gasteiger partial charge in [-0.1, -0.05) is 0 Å². The van der Waals surface area contributed by atoms with E-state index in [1.807, 2.05) is 0 Å². The van der Waals surface area contributed by atoms with Gasteiger partial charge in [-0.05, 0) is 25.8 Å². The maximum absolute atomic E-state index is 11.1. The number of nitrogens with zero attached hydrogens (tertiary/aromatic N) is 1. The Morgan fingerprint density at radius 2 is 2.18 bits per heavy atom. The Morgan fingerprint density at radius 1 is 1.47 bits per heavy atom. The van der Waals surface area contributed by atoms with E-state index in [0.717, 1.165) is 38.9 Å². The number of hydrogen-bond acceptors (Lipinski definition) is 4. The summed E-state index contributed by atoms with van der Waals surface area (Å²) in [7, 11) is 1.67. The molecule has 0 radical (unpaired) electrons. The summed E-state index contributed by atoms with van der Waals surface area (Å²) in [6.45, 7) is 3.60. The quantitative estimate of drug-likeness (QED) is 0.661. The molecule has 0 unspecified atom stereocenters. The van der Waals surface area contributed by atoms with Crippen LogP contribution in [-0.4, -0.2) is 61.9 Å². The highest BCUT2D eigenvalue weighted by Crippen LogP contribution is 2.13. The van der Waals surface area contributed by atoms with Gasteiger partial charge in [-0.3, -0.25) is 4.79 Å². The molecule has 0 aromatic heterocycles. The number of amides is 1. The highest BCUT2D eigenvalue weighted by atomic mass is 16.5. The first-order chi connectivity index (χ1) is 8.26. The number of piperidine rings is 1. The monoisotopic (exact) mass is 244 g/mol. The predicted molar refractivity (Wildman–Crippen MR) is 65.8 cm³/mol.